The Hall–Kier alpha value is -3.94. The van der Waals surface area contributed by atoms with Crippen LogP contribution in [0.2, 0.25) is 0 Å². The number of anilines is 2. The molecule has 1 amide bonds. The van der Waals surface area contributed by atoms with Gasteiger partial charge in [0.2, 0.25) is 11.9 Å². The summed E-state index contributed by atoms with van der Waals surface area (Å²) in [7, 11) is 0. The normalized spacial score (nSPS) is 16.9. The highest BCUT2D eigenvalue weighted by molar-refractivity contribution is 5.80. The number of hydrogen-bond donors (Lipinski definition) is 0. The van der Waals surface area contributed by atoms with Crippen LogP contribution in [-0.4, -0.2) is 64.6 Å². The smallest absolute Gasteiger partial charge is 0.225 e. The minimum Gasteiger partial charge on any atom is -0.353 e. The first-order valence-corrected chi connectivity index (χ1v) is 13.1. The summed E-state index contributed by atoms with van der Waals surface area (Å²) >= 11 is 0. The van der Waals surface area contributed by atoms with Crippen molar-refractivity contribution in [3.05, 3.63) is 84.3 Å². The molecule has 6 rings (SSSR count). The molecule has 4 aromatic rings. The van der Waals surface area contributed by atoms with Crippen molar-refractivity contribution in [1.82, 2.24) is 19.4 Å². The SMILES string of the molecule is O=C(C1CCN(c2nc3ccccc3n2Cc2ccccc2F)CC1)N1CCN(c2ccccn2)CC1. The highest BCUT2D eigenvalue weighted by atomic mass is 19.1. The number of carbonyl (C=O) groups excluding carboxylic acids is 1. The van der Waals surface area contributed by atoms with Gasteiger partial charge >= 0.3 is 0 Å². The van der Waals surface area contributed by atoms with Gasteiger partial charge in [-0.25, -0.2) is 14.4 Å². The Morgan fingerprint density at radius 1 is 0.838 bits per heavy atom. The Kier molecular flexibility index (Phi) is 6.47. The molecule has 0 aliphatic carbocycles. The maximum absolute atomic E-state index is 14.5. The van der Waals surface area contributed by atoms with Gasteiger partial charge in [0.05, 0.1) is 17.6 Å². The molecule has 37 heavy (non-hydrogen) atoms. The number of hydrogen-bond acceptors (Lipinski definition) is 5. The van der Waals surface area contributed by atoms with Gasteiger partial charge in [-0.15, -0.1) is 0 Å². The molecule has 2 aliphatic heterocycles. The molecule has 0 radical (unpaired) electrons. The number of nitrogens with zero attached hydrogens (tertiary/aromatic N) is 6. The van der Waals surface area contributed by atoms with Crippen molar-refractivity contribution in [1.29, 1.82) is 0 Å². The van der Waals surface area contributed by atoms with Crippen LogP contribution in [0.5, 0.6) is 0 Å². The molecule has 8 heteroatoms. The first kappa shape index (κ1) is 23.5. The second-order valence-corrected chi connectivity index (χ2v) is 9.84. The fourth-order valence-electron chi connectivity index (χ4n) is 5.54. The van der Waals surface area contributed by atoms with Crippen molar-refractivity contribution in [2.45, 2.75) is 19.4 Å². The standard InChI is InChI=1S/C29H31FN6O/c30-24-8-2-1-7-23(24)21-36-26-10-4-3-9-25(26)32-29(36)35-15-12-22(13-16-35)28(37)34-19-17-33(18-20-34)27-11-5-6-14-31-27/h1-11,14,22H,12-13,15-21H2. The molecule has 2 aromatic carbocycles. The summed E-state index contributed by atoms with van der Waals surface area (Å²) in [5.74, 6) is 1.90. The van der Waals surface area contributed by atoms with Crippen molar-refractivity contribution in [3.8, 4) is 0 Å². The lowest BCUT2D eigenvalue weighted by Crippen LogP contribution is -2.52. The number of rotatable bonds is 5. The predicted octanol–water partition coefficient (Wildman–Crippen LogP) is 4.18. The fourth-order valence-corrected chi connectivity index (χ4v) is 5.54. The molecule has 0 bridgehead atoms. The van der Waals surface area contributed by atoms with Crippen molar-refractivity contribution < 1.29 is 9.18 Å². The second-order valence-electron chi connectivity index (χ2n) is 9.84. The van der Waals surface area contributed by atoms with Crippen molar-refractivity contribution in [2.75, 3.05) is 49.1 Å². The summed E-state index contributed by atoms with van der Waals surface area (Å²) in [6.45, 7) is 5.00. The Labute approximate surface area is 216 Å². The number of fused-ring (bicyclic) bond motifs is 1. The minimum absolute atomic E-state index is 0.0297. The number of imidazole rings is 1. The van der Waals surface area contributed by atoms with E-state index in [4.69, 9.17) is 4.98 Å². The predicted molar refractivity (Wildman–Crippen MR) is 143 cm³/mol. The van der Waals surface area contributed by atoms with Crippen LogP contribution in [0.1, 0.15) is 18.4 Å². The molecule has 190 valence electrons. The number of aromatic nitrogens is 3. The van der Waals surface area contributed by atoms with Gasteiger partial charge in [-0.2, -0.15) is 0 Å². The van der Waals surface area contributed by atoms with E-state index in [9.17, 15) is 9.18 Å². The molecule has 2 aliphatic rings. The molecule has 7 nitrogen and oxygen atoms in total. The molecule has 0 unspecified atom stereocenters. The molecular formula is C29H31FN6O. The number of carbonyl (C=O) groups is 1. The zero-order valence-corrected chi connectivity index (χ0v) is 20.8. The van der Waals surface area contributed by atoms with Crippen LogP contribution in [0.3, 0.4) is 0 Å². The lowest BCUT2D eigenvalue weighted by molar-refractivity contribution is -0.136. The highest BCUT2D eigenvalue weighted by Crippen LogP contribution is 2.29. The van der Waals surface area contributed by atoms with Crippen LogP contribution in [0.25, 0.3) is 11.0 Å². The van der Waals surface area contributed by atoms with Crippen molar-refractivity contribution in [3.63, 3.8) is 0 Å². The zero-order valence-electron chi connectivity index (χ0n) is 20.8. The molecule has 2 saturated heterocycles. The first-order valence-electron chi connectivity index (χ1n) is 13.1. The van der Waals surface area contributed by atoms with E-state index in [1.807, 2.05) is 65.7 Å². The van der Waals surface area contributed by atoms with Crippen LogP contribution in [-0.2, 0) is 11.3 Å². The zero-order chi connectivity index (χ0) is 25.2. The van der Waals surface area contributed by atoms with Gasteiger partial charge < -0.3 is 19.3 Å². The summed E-state index contributed by atoms with van der Waals surface area (Å²) in [5.41, 5.74) is 2.53. The summed E-state index contributed by atoms with van der Waals surface area (Å²) in [6.07, 6.45) is 3.40. The summed E-state index contributed by atoms with van der Waals surface area (Å²) < 4.78 is 16.6. The van der Waals surface area contributed by atoms with E-state index in [0.29, 0.717) is 12.1 Å². The summed E-state index contributed by atoms with van der Waals surface area (Å²) in [5, 5.41) is 0. The number of pyridine rings is 1. The first-order chi connectivity index (χ1) is 18.2. The Bertz CT molecular complexity index is 1370. The number of amides is 1. The van der Waals surface area contributed by atoms with Gasteiger partial charge in [-0.1, -0.05) is 36.4 Å². The average molecular weight is 499 g/mol. The van der Waals surface area contributed by atoms with Gasteiger partial charge in [0.1, 0.15) is 11.6 Å². The fraction of sp³-hybridized carbons (Fsp3) is 0.345. The van der Waals surface area contributed by atoms with Crippen molar-refractivity contribution in [2.24, 2.45) is 5.92 Å². The Morgan fingerprint density at radius 2 is 1.57 bits per heavy atom. The maximum Gasteiger partial charge on any atom is 0.225 e. The second kappa shape index (κ2) is 10.2. The average Bonchev–Trinajstić information content (AvgIpc) is 3.33. The number of para-hydroxylation sites is 2. The van der Waals surface area contributed by atoms with Gasteiger partial charge in [-0.3, -0.25) is 4.79 Å². The summed E-state index contributed by atoms with van der Waals surface area (Å²) in [4.78, 5) is 29.2. The highest BCUT2D eigenvalue weighted by Gasteiger charge is 2.32. The quantitative estimate of drug-likeness (QED) is 0.413. The topological polar surface area (TPSA) is 57.5 Å². The molecule has 4 heterocycles. The molecule has 0 saturated carbocycles. The minimum atomic E-state index is -0.210. The van der Waals surface area contributed by atoms with Gasteiger partial charge in [0, 0.05) is 56.9 Å². The van der Waals surface area contributed by atoms with Crippen LogP contribution in [0.4, 0.5) is 16.2 Å². The van der Waals surface area contributed by atoms with Crippen LogP contribution in [0, 0.1) is 11.7 Å². The van der Waals surface area contributed by atoms with E-state index in [2.05, 4.69) is 19.4 Å². The lowest BCUT2D eigenvalue weighted by atomic mass is 9.95. The maximum atomic E-state index is 14.5. The van der Waals surface area contributed by atoms with Gasteiger partial charge in [0.15, 0.2) is 0 Å². The molecule has 0 spiro atoms. The van der Waals surface area contributed by atoms with Crippen LogP contribution < -0.4 is 9.80 Å². The van der Waals surface area contributed by atoms with E-state index in [-0.39, 0.29) is 17.6 Å². The molecular weight excluding hydrogens is 467 g/mol. The van der Waals surface area contributed by atoms with E-state index < -0.39 is 0 Å². The Morgan fingerprint density at radius 3 is 2.32 bits per heavy atom. The number of halogens is 1. The van der Waals surface area contributed by atoms with Crippen LogP contribution >= 0.6 is 0 Å². The van der Waals surface area contributed by atoms with E-state index in [1.165, 1.54) is 6.07 Å². The van der Waals surface area contributed by atoms with E-state index >= 15 is 0 Å². The van der Waals surface area contributed by atoms with E-state index in [1.54, 1.807) is 6.07 Å². The number of piperazine rings is 1. The lowest BCUT2D eigenvalue weighted by Gasteiger charge is -2.39. The van der Waals surface area contributed by atoms with Gasteiger partial charge in [0.25, 0.3) is 0 Å². The third-order valence-corrected chi connectivity index (χ3v) is 7.61. The monoisotopic (exact) mass is 498 g/mol. The third kappa shape index (κ3) is 4.75. The summed E-state index contributed by atoms with van der Waals surface area (Å²) in [6, 6.07) is 20.8. The van der Waals surface area contributed by atoms with Gasteiger partial charge in [-0.05, 0) is 43.2 Å². The molecule has 0 atom stereocenters. The molecule has 0 N–H and O–H groups in total. The number of piperidine rings is 1. The van der Waals surface area contributed by atoms with Crippen molar-refractivity contribution >= 4 is 28.7 Å². The molecule has 2 fully saturated rings. The van der Waals surface area contributed by atoms with E-state index in [0.717, 1.165) is 74.9 Å². The molecule has 2 aromatic heterocycles. The van der Waals surface area contributed by atoms with Crippen LogP contribution in [0.15, 0.2) is 72.9 Å². The largest absolute Gasteiger partial charge is 0.353 e. The third-order valence-electron chi connectivity index (χ3n) is 7.61. The Balaban J connectivity index is 1.13. The number of benzene rings is 2.